The van der Waals surface area contributed by atoms with Crippen LogP contribution >= 0.6 is 15.9 Å². The molecule has 0 aliphatic carbocycles. The molecule has 3 heterocycles. The Labute approximate surface area is 126 Å². The van der Waals surface area contributed by atoms with E-state index < -0.39 is 6.09 Å². The summed E-state index contributed by atoms with van der Waals surface area (Å²) in [6.07, 6.45) is 2.51. The Balaban J connectivity index is 1.79. The summed E-state index contributed by atoms with van der Waals surface area (Å²) in [4.78, 5) is 15.4. The SMILES string of the molecule is O=C(O)N1CCC2C(C1)c1cc(Br)cc3c1N2CCC3. The molecular formula is C15H17BrN2O2. The first kappa shape index (κ1) is 12.5. The van der Waals surface area contributed by atoms with E-state index in [-0.39, 0.29) is 0 Å². The van der Waals surface area contributed by atoms with Gasteiger partial charge in [-0.05, 0) is 42.5 Å². The summed E-state index contributed by atoms with van der Waals surface area (Å²) in [5, 5.41) is 9.25. The molecule has 1 N–H and O–H groups in total. The summed E-state index contributed by atoms with van der Waals surface area (Å²) in [5.41, 5.74) is 4.18. The molecule has 5 heteroatoms. The van der Waals surface area contributed by atoms with E-state index in [4.69, 9.17) is 0 Å². The third kappa shape index (κ3) is 1.68. The molecule has 0 aromatic heterocycles. The molecule has 1 saturated heterocycles. The Morgan fingerprint density at radius 3 is 3.00 bits per heavy atom. The minimum Gasteiger partial charge on any atom is -0.465 e. The van der Waals surface area contributed by atoms with E-state index in [0.29, 0.717) is 25.0 Å². The van der Waals surface area contributed by atoms with Crippen LogP contribution in [0.25, 0.3) is 0 Å². The highest BCUT2D eigenvalue weighted by Crippen LogP contribution is 2.49. The number of rotatable bonds is 0. The van der Waals surface area contributed by atoms with Crippen LogP contribution in [-0.4, -0.2) is 41.8 Å². The molecule has 2 atom stereocenters. The molecule has 4 rings (SSSR count). The number of carboxylic acid groups (broad SMARTS) is 1. The zero-order chi connectivity index (χ0) is 13.9. The summed E-state index contributed by atoms with van der Waals surface area (Å²) in [6.45, 7) is 2.42. The summed E-state index contributed by atoms with van der Waals surface area (Å²) < 4.78 is 1.13. The van der Waals surface area contributed by atoms with Crippen molar-refractivity contribution in [2.24, 2.45) is 0 Å². The summed E-state index contributed by atoms with van der Waals surface area (Å²) >= 11 is 3.61. The smallest absolute Gasteiger partial charge is 0.407 e. The number of piperidine rings is 1. The molecule has 3 aliphatic heterocycles. The Hall–Kier alpha value is -1.23. The third-order valence-corrected chi connectivity index (χ3v) is 5.42. The maximum Gasteiger partial charge on any atom is 0.407 e. The van der Waals surface area contributed by atoms with Crippen LogP contribution in [0.15, 0.2) is 16.6 Å². The minimum absolute atomic E-state index is 0.337. The number of fused-ring (bicyclic) bond motifs is 3. The van der Waals surface area contributed by atoms with E-state index >= 15 is 0 Å². The van der Waals surface area contributed by atoms with Gasteiger partial charge in [-0.1, -0.05) is 15.9 Å². The molecule has 1 fully saturated rings. The molecule has 3 aliphatic rings. The van der Waals surface area contributed by atoms with Crippen molar-refractivity contribution in [2.45, 2.75) is 31.2 Å². The molecule has 1 aromatic rings. The Bertz CT molecular complexity index is 589. The van der Waals surface area contributed by atoms with Crippen molar-refractivity contribution in [1.29, 1.82) is 0 Å². The van der Waals surface area contributed by atoms with Crippen LogP contribution in [0.1, 0.15) is 29.9 Å². The number of halogens is 1. The van der Waals surface area contributed by atoms with E-state index in [2.05, 4.69) is 33.0 Å². The number of aryl methyl sites for hydroxylation is 1. The normalized spacial score (nSPS) is 27.2. The number of amides is 1. The molecule has 0 bridgehead atoms. The zero-order valence-corrected chi connectivity index (χ0v) is 12.8. The summed E-state index contributed by atoms with van der Waals surface area (Å²) in [6, 6.07) is 4.93. The van der Waals surface area contributed by atoms with Crippen LogP contribution in [0.4, 0.5) is 10.5 Å². The molecule has 106 valence electrons. The molecule has 0 spiro atoms. The Kier molecular flexibility index (Phi) is 2.74. The van der Waals surface area contributed by atoms with Crippen molar-refractivity contribution >= 4 is 27.7 Å². The van der Waals surface area contributed by atoms with Crippen LogP contribution in [0, 0.1) is 0 Å². The second-order valence-corrected chi connectivity index (χ2v) is 6.91. The maximum atomic E-state index is 11.3. The second-order valence-electron chi connectivity index (χ2n) is 5.99. The molecular weight excluding hydrogens is 320 g/mol. The fourth-order valence-corrected chi connectivity index (χ4v) is 4.70. The lowest BCUT2D eigenvalue weighted by Gasteiger charge is -2.39. The topological polar surface area (TPSA) is 43.8 Å². The highest BCUT2D eigenvalue weighted by Gasteiger charge is 2.44. The average molecular weight is 337 g/mol. The van der Waals surface area contributed by atoms with Gasteiger partial charge in [0.25, 0.3) is 0 Å². The first-order valence-electron chi connectivity index (χ1n) is 7.22. The monoisotopic (exact) mass is 336 g/mol. The Morgan fingerprint density at radius 2 is 2.20 bits per heavy atom. The molecule has 20 heavy (non-hydrogen) atoms. The van der Waals surface area contributed by atoms with E-state index in [9.17, 15) is 9.90 Å². The van der Waals surface area contributed by atoms with E-state index in [0.717, 1.165) is 23.9 Å². The zero-order valence-electron chi connectivity index (χ0n) is 11.2. The van der Waals surface area contributed by atoms with Gasteiger partial charge in [0, 0.05) is 41.8 Å². The van der Waals surface area contributed by atoms with Crippen LogP contribution in [0.3, 0.4) is 0 Å². The molecule has 1 amide bonds. The predicted molar refractivity (Wildman–Crippen MR) is 80.6 cm³/mol. The van der Waals surface area contributed by atoms with E-state index in [1.165, 1.54) is 23.2 Å². The lowest BCUT2D eigenvalue weighted by Crippen LogP contribution is -2.48. The standard InChI is InChI=1S/C15H17BrN2O2/c16-10-6-9-2-1-4-18-13-3-5-17(15(19)20)8-12(13)11(7-10)14(9)18/h6-7,12-13H,1-5,8H2,(H,19,20). The molecule has 2 unspecified atom stereocenters. The third-order valence-electron chi connectivity index (χ3n) is 4.96. The molecule has 4 nitrogen and oxygen atoms in total. The van der Waals surface area contributed by atoms with Crippen LogP contribution in [0.2, 0.25) is 0 Å². The number of carbonyl (C=O) groups is 1. The van der Waals surface area contributed by atoms with Crippen molar-refractivity contribution in [2.75, 3.05) is 24.5 Å². The van der Waals surface area contributed by atoms with Crippen molar-refractivity contribution in [1.82, 2.24) is 4.90 Å². The van der Waals surface area contributed by atoms with Crippen molar-refractivity contribution in [3.05, 3.63) is 27.7 Å². The van der Waals surface area contributed by atoms with E-state index in [1.54, 1.807) is 4.90 Å². The minimum atomic E-state index is -0.784. The molecule has 0 radical (unpaired) electrons. The van der Waals surface area contributed by atoms with E-state index in [1.807, 2.05) is 0 Å². The predicted octanol–water partition coefficient (Wildman–Crippen LogP) is 3.05. The van der Waals surface area contributed by atoms with Gasteiger partial charge in [-0.25, -0.2) is 4.79 Å². The van der Waals surface area contributed by atoms with Crippen LogP contribution in [-0.2, 0) is 6.42 Å². The molecule has 1 aromatic carbocycles. The number of likely N-dealkylation sites (tertiary alicyclic amines) is 1. The average Bonchev–Trinajstić information content (AvgIpc) is 2.74. The van der Waals surface area contributed by atoms with Gasteiger partial charge in [-0.3, -0.25) is 0 Å². The van der Waals surface area contributed by atoms with Gasteiger partial charge >= 0.3 is 6.09 Å². The number of nitrogens with zero attached hydrogens (tertiary/aromatic N) is 2. The lowest BCUT2D eigenvalue weighted by molar-refractivity contribution is 0.127. The van der Waals surface area contributed by atoms with Crippen molar-refractivity contribution < 1.29 is 9.90 Å². The molecule has 0 saturated carbocycles. The van der Waals surface area contributed by atoms with Gasteiger partial charge in [0.05, 0.1) is 0 Å². The highest BCUT2D eigenvalue weighted by atomic mass is 79.9. The fraction of sp³-hybridized carbons (Fsp3) is 0.533. The van der Waals surface area contributed by atoms with Gasteiger partial charge in [0.15, 0.2) is 0 Å². The van der Waals surface area contributed by atoms with Gasteiger partial charge in [-0.2, -0.15) is 0 Å². The maximum absolute atomic E-state index is 11.3. The summed E-state index contributed by atoms with van der Waals surface area (Å²) in [5.74, 6) is 0.337. The van der Waals surface area contributed by atoms with Crippen LogP contribution < -0.4 is 4.90 Å². The van der Waals surface area contributed by atoms with Crippen molar-refractivity contribution in [3.63, 3.8) is 0 Å². The van der Waals surface area contributed by atoms with Gasteiger partial charge < -0.3 is 14.9 Å². The largest absolute Gasteiger partial charge is 0.465 e. The van der Waals surface area contributed by atoms with Crippen LogP contribution in [0.5, 0.6) is 0 Å². The second kappa shape index (κ2) is 4.38. The number of anilines is 1. The number of benzene rings is 1. The number of hydrogen-bond acceptors (Lipinski definition) is 2. The lowest BCUT2D eigenvalue weighted by atomic mass is 9.89. The van der Waals surface area contributed by atoms with Gasteiger partial charge in [0.2, 0.25) is 0 Å². The number of hydrogen-bond donors (Lipinski definition) is 1. The fourth-order valence-electron chi connectivity index (χ4n) is 4.18. The summed E-state index contributed by atoms with van der Waals surface area (Å²) in [7, 11) is 0. The van der Waals surface area contributed by atoms with Gasteiger partial charge in [-0.15, -0.1) is 0 Å². The quantitative estimate of drug-likeness (QED) is 0.791. The first-order valence-corrected chi connectivity index (χ1v) is 8.01. The highest BCUT2D eigenvalue weighted by molar-refractivity contribution is 9.10. The first-order chi connectivity index (χ1) is 9.65. The van der Waals surface area contributed by atoms with Gasteiger partial charge in [0.1, 0.15) is 0 Å². The van der Waals surface area contributed by atoms with Crippen molar-refractivity contribution in [3.8, 4) is 0 Å². The Morgan fingerprint density at radius 1 is 1.35 bits per heavy atom.